The molecule has 0 aliphatic carbocycles. The summed E-state index contributed by atoms with van der Waals surface area (Å²) in [6, 6.07) is 12.2. The number of hydrogen-bond donors (Lipinski definition) is 0. The molecule has 0 atom stereocenters. The average molecular weight is 623 g/mol. The molecule has 0 fully saturated rings. The van der Waals surface area contributed by atoms with Gasteiger partial charge in [0.2, 0.25) is 0 Å². The molecule has 0 aliphatic rings. The molecule has 0 saturated carbocycles. The highest BCUT2D eigenvalue weighted by Crippen LogP contribution is 2.29. The van der Waals surface area contributed by atoms with Crippen LogP contribution in [-0.4, -0.2) is 23.1 Å². The summed E-state index contributed by atoms with van der Waals surface area (Å²) in [6.07, 6.45) is 2.64. The topological polar surface area (TPSA) is 107 Å². The van der Waals surface area contributed by atoms with Crippen LogP contribution in [0.2, 0.25) is 10.0 Å². The van der Waals surface area contributed by atoms with Crippen molar-refractivity contribution in [2.75, 3.05) is 0 Å². The first kappa shape index (κ1) is 28.0. The lowest BCUT2D eigenvalue weighted by Crippen LogP contribution is -2.42. The second kappa shape index (κ2) is 10.3. The van der Waals surface area contributed by atoms with Gasteiger partial charge in [-0.2, -0.15) is 5.26 Å². The second-order valence-electron chi connectivity index (χ2n) is 9.54. The van der Waals surface area contributed by atoms with E-state index in [-0.39, 0.29) is 43.8 Å². The molecule has 0 amide bonds. The van der Waals surface area contributed by atoms with Crippen LogP contribution < -0.4 is 16.8 Å². The van der Waals surface area contributed by atoms with Crippen molar-refractivity contribution in [3.63, 3.8) is 0 Å². The number of benzene rings is 2. The number of pyridine rings is 2. The smallest absolute Gasteiger partial charge is 0.310 e. The molecule has 0 aliphatic heterocycles. The van der Waals surface area contributed by atoms with Gasteiger partial charge >= 0.3 is 5.69 Å². The number of fused-ring (bicyclic) bond motifs is 2. The molecule has 14 heteroatoms. The highest BCUT2D eigenvalue weighted by Gasteiger charge is 2.23. The molecule has 0 N–H and O–H groups in total. The van der Waals surface area contributed by atoms with E-state index in [1.807, 2.05) is 6.07 Å². The Morgan fingerprint density at radius 2 is 1.67 bits per heavy atom. The Balaban J connectivity index is 1.75. The summed E-state index contributed by atoms with van der Waals surface area (Å²) in [5, 5.41) is 9.38. The molecule has 0 saturated heterocycles. The van der Waals surface area contributed by atoms with E-state index in [0.29, 0.717) is 22.3 Å². The van der Waals surface area contributed by atoms with Gasteiger partial charge in [-0.15, -0.1) is 0 Å². The highest BCUT2D eigenvalue weighted by atomic mass is 35.5. The summed E-state index contributed by atoms with van der Waals surface area (Å²) in [5.74, 6) is -4.74. The fourth-order valence-corrected chi connectivity index (χ4v) is 5.29. The van der Waals surface area contributed by atoms with Crippen LogP contribution in [0.4, 0.5) is 13.2 Å². The van der Waals surface area contributed by atoms with E-state index < -0.39 is 46.2 Å². The van der Waals surface area contributed by atoms with Crippen LogP contribution in [0.5, 0.6) is 0 Å². The molecular formula is C29H15Cl2F3N6O3. The molecule has 214 valence electrons. The van der Waals surface area contributed by atoms with Gasteiger partial charge in [0.05, 0.1) is 40.6 Å². The average Bonchev–Trinajstić information content (AvgIpc) is 3.38. The lowest BCUT2D eigenvalue weighted by atomic mass is 10.1. The Labute approximate surface area is 248 Å². The molecule has 4 heterocycles. The maximum absolute atomic E-state index is 14.2. The van der Waals surface area contributed by atoms with Gasteiger partial charge in [-0.05, 0) is 54.1 Å². The zero-order valence-electron chi connectivity index (χ0n) is 21.8. The predicted octanol–water partition coefficient (Wildman–Crippen LogP) is 4.81. The van der Waals surface area contributed by atoms with Gasteiger partial charge in [0.15, 0.2) is 17.5 Å². The van der Waals surface area contributed by atoms with Crippen LogP contribution in [0.15, 0.2) is 75.3 Å². The Kier molecular flexibility index (Phi) is 6.71. The highest BCUT2D eigenvalue weighted by molar-refractivity contribution is 6.33. The van der Waals surface area contributed by atoms with Crippen LogP contribution in [0, 0.1) is 28.8 Å². The van der Waals surface area contributed by atoms with Gasteiger partial charge in [0, 0.05) is 23.8 Å². The van der Waals surface area contributed by atoms with Gasteiger partial charge in [-0.1, -0.05) is 23.2 Å². The third kappa shape index (κ3) is 4.50. The van der Waals surface area contributed by atoms with Crippen molar-refractivity contribution in [3.05, 3.63) is 131 Å². The first-order chi connectivity index (χ1) is 20.5. The third-order valence-corrected chi connectivity index (χ3v) is 7.53. The first-order valence-electron chi connectivity index (χ1n) is 12.4. The summed E-state index contributed by atoms with van der Waals surface area (Å²) >= 11 is 12.5. The third-order valence-electron chi connectivity index (χ3n) is 6.97. The molecular weight excluding hydrogens is 608 g/mol. The molecule has 9 nitrogen and oxygen atoms in total. The van der Waals surface area contributed by atoms with Crippen molar-refractivity contribution < 1.29 is 13.2 Å². The Morgan fingerprint density at radius 1 is 0.953 bits per heavy atom. The number of aromatic nitrogens is 5. The SMILES string of the molecule is Cn1c(-c2cc(C#N)ccc2Cl)cc2c(c1=O)c(=O)n(-c1cnc3ccc(Cl)cn13)c(=O)n2Cc1cc(F)c(F)c(F)c1. The van der Waals surface area contributed by atoms with Crippen LogP contribution in [-0.2, 0) is 13.6 Å². The number of imidazole rings is 1. The van der Waals surface area contributed by atoms with E-state index in [2.05, 4.69) is 4.98 Å². The van der Waals surface area contributed by atoms with E-state index in [0.717, 1.165) is 9.13 Å². The van der Waals surface area contributed by atoms with Crippen molar-refractivity contribution in [1.82, 2.24) is 23.1 Å². The molecule has 6 aromatic rings. The summed E-state index contributed by atoms with van der Waals surface area (Å²) in [4.78, 5) is 46.1. The van der Waals surface area contributed by atoms with Gasteiger partial charge in [-0.25, -0.2) is 27.5 Å². The van der Waals surface area contributed by atoms with Crippen molar-refractivity contribution in [2.24, 2.45) is 7.05 Å². The maximum atomic E-state index is 14.2. The fraction of sp³-hybridized carbons (Fsp3) is 0.0690. The summed E-state index contributed by atoms with van der Waals surface area (Å²) in [5.41, 5.74) is -2.25. The molecule has 2 aromatic carbocycles. The minimum Gasteiger partial charge on any atom is -0.310 e. The van der Waals surface area contributed by atoms with E-state index >= 15 is 0 Å². The number of halogens is 5. The van der Waals surface area contributed by atoms with Crippen LogP contribution in [0.1, 0.15) is 11.1 Å². The number of nitriles is 1. The molecule has 0 radical (unpaired) electrons. The van der Waals surface area contributed by atoms with Gasteiger partial charge < -0.3 is 4.57 Å². The molecule has 0 unspecified atom stereocenters. The van der Waals surface area contributed by atoms with Crippen LogP contribution in [0.3, 0.4) is 0 Å². The minimum absolute atomic E-state index is 0.0597. The predicted molar refractivity (Wildman–Crippen MR) is 153 cm³/mol. The fourth-order valence-electron chi connectivity index (χ4n) is 4.91. The van der Waals surface area contributed by atoms with Crippen molar-refractivity contribution >= 4 is 39.8 Å². The largest absolute Gasteiger partial charge is 0.337 e. The van der Waals surface area contributed by atoms with Crippen molar-refractivity contribution in [1.29, 1.82) is 5.26 Å². The maximum Gasteiger partial charge on any atom is 0.337 e. The lowest BCUT2D eigenvalue weighted by molar-refractivity contribution is 0.444. The lowest BCUT2D eigenvalue weighted by Gasteiger charge is -2.17. The van der Waals surface area contributed by atoms with Crippen LogP contribution >= 0.6 is 23.2 Å². The van der Waals surface area contributed by atoms with Gasteiger partial charge in [0.1, 0.15) is 16.9 Å². The summed E-state index contributed by atoms with van der Waals surface area (Å²) < 4.78 is 46.2. The van der Waals surface area contributed by atoms with Crippen LogP contribution in [0.25, 0.3) is 33.6 Å². The normalized spacial score (nSPS) is 11.4. The van der Waals surface area contributed by atoms with E-state index in [4.69, 9.17) is 23.2 Å². The zero-order valence-corrected chi connectivity index (χ0v) is 23.3. The Bertz CT molecular complexity index is 2360. The Hall–Kier alpha value is -5.12. The second-order valence-corrected chi connectivity index (χ2v) is 10.4. The standard InChI is InChI=1S/C29H15Cl2F3N6O3/c1-37-21(17-6-14(10-35)2-4-18(17)31)9-22-25(27(37)41)28(42)40(24-11-36-23-5-3-16(30)13-39(23)24)29(43)38(22)12-15-7-19(32)26(34)20(33)8-15/h2-9,11,13H,12H2,1H3. The van der Waals surface area contributed by atoms with Gasteiger partial charge in [0.25, 0.3) is 11.1 Å². The molecule has 0 bridgehead atoms. The van der Waals surface area contributed by atoms with Crippen molar-refractivity contribution in [3.8, 4) is 23.1 Å². The molecule has 43 heavy (non-hydrogen) atoms. The summed E-state index contributed by atoms with van der Waals surface area (Å²) in [7, 11) is 1.38. The first-order valence-corrected chi connectivity index (χ1v) is 13.1. The molecule has 6 rings (SSSR count). The quantitative estimate of drug-likeness (QED) is 0.262. The zero-order chi connectivity index (χ0) is 30.7. The van der Waals surface area contributed by atoms with Gasteiger partial charge in [-0.3, -0.25) is 18.6 Å². The Morgan fingerprint density at radius 3 is 2.37 bits per heavy atom. The van der Waals surface area contributed by atoms with E-state index in [1.165, 1.54) is 48.1 Å². The number of nitrogens with zero attached hydrogens (tertiary/aromatic N) is 6. The van der Waals surface area contributed by atoms with Crippen molar-refractivity contribution in [2.45, 2.75) is 6.54 Å². The number of hydrogen-bond acceptors (Lipinski definition) is 5. The minimum atomic E-state index is -1.70. The number of rotatable bonds is 4. The molecule has 4 aromatic heterocycles. The monoisotopic (exact) mass is 622 g/mol. The molecule has 0 spiro atoms. The van der Waals surface area contributed by atoms with E-state index in [1.54, 1.807) is 12.1 Å². The van der Waals surface area contributed by atoms with E-state index in [9.17, 15) is 32.8 Å². The summed E-state index contributed by atoms with van der Waals surface area (Å²) in [6.45, 7) is -0.570.